The predicted octanol–water partition coefficient (Wildman–Crippen LogP) is 4.45. The average molecular weight is 302 g/mol. The monoisotopic (exact) mass is 302 g/mol. The van der Waals surface area contributed by atoms with Crippen LogP contribution in [-0.2, 0) is 11.2 Å². The average Bonchev–Trinajstić information content (AvgIpc) is 2.89. The molecule has 0 fully saturated rings. The third-order valence-electron chi connectivity index (χ3n) is 3.38. The second-order valence-electron chi connectivity index (χ2n) is 5.69. The number of hydrogen-bond acceptors (Lipinski definition) is 3. The fourth-order valence-corrected chi connectivity index (χ4v) is 3.05. The van der Waals surface area contributed by atoms with Crippen molar-refractivity contribution in [1.29, 1.82) is 0 Å². The molecule has 0 aliphatic rings. The van der Waals surface area contributed by atoms with Crippen LogP contribution >= 0.6 is 11.3 Å². The predicted molar refractivity (Wildman–Crippen MR) is 89.1 cm³/mol. The molecule has 2 rings (SSSR count). The molecule has 0 saturated carbocycles. The van der Waals surface area contributed by atoms with Gasteiger partial charge in [-0.1, -0.05) is 31.5 Å². The Balaban J connectivity index is 1.89. The molecule has 0 unspecified atom stereocenters. The second-order valence-corrected chi connectivity index (χ2v) is 6.63. The van der Waals surface area contributed by atoms with E-state index in [1.165, 1.54) is 5.56 Å². The number of nitrogens with one attached hydrogen (secondary N) is 1. The van der Waals surface area contributed by atoms with E-state index in [2.05, 4.69) is 35.6 Å². The minimum atomic E-state index is 0.0447. The van der Waals surface area contributed by atoms with Crippen LogP contribution in [0.4, 0.5) is 5.69 Å². The molecule has 0 atom stereocenters. The van der Waals surface area contributed by atoms with E-state index < -0.39 is 0 Å². The first-order valence-electron chi connectivity index (χ1n) is 7.27. The largest absolute Gasteiger partial charge is 0.326 e. The Kier molecular flexibility index (Phi) is 5.12. The van der Waals surface area contributed by atoms with Crippen molar-refractivity contribution in [1.82, 2.24) is 4.98 Å². The Labute approximate surface area is 130 Å². The molecule has 2 aromatic rings. The van der Waals surface area contributed by atoms with Crippen molar-refractivity contribution in [3.05, 3.63) is 45.4 Å². The number of aromatic nitrogens is 1. The second kappa shape index (κ2) is 6.85. The summed E-state index contributed by atoms with van der Waals surface area (Å²) in [7, 11) is 0. The van der Waals surface area contributed by atoms with E-state index >= 15 is 0 Å². The molecule has 1 aromatic heterocycles. The van der Waals surface area contributed by atoms with E-state index in [0.717, 1.165) is 22.0 Å². The van der Waals surface area contributed by atoms with Crippen molar-refractivity contribution in [3.63, 3.8) is 0 Å². The lowest BCUT2D eigenvalue weighted by Crippen LogP contribution is -2.13. The summed E-state index contributed by atoms with van der Waals surface area (Å²) in [4.78, 5) is 16.6. The number of thiazole rings is 1. The van der Waals surface area contributed by atoms with Crippen molar-refractivity contribution in [3.8, 4) is 0 Å². The molecule has 0 radical (unpaired) electrons. The zero-order valence-corrected chi connectivity index (χ0v) is 13.9. The maximum Gasteiger partial charge on any atom is 0.224 e. The van der Waals surface area contributed by atoms with Crippen molar-refractivity contribution in [2.45, 2.75) is 46.5 Å². The zero-order valence-electron chi connectivity index (χ0n) is 13.1. The van der Waals surface area contributed by atoms with Gasteiger partial charge in [-0.25, -0.2) is 4.98 Å². The van der Waals surface area contributed by atoms with Crippen molar-refractivity contribution in [2.75, 3.05) is 5.32 Å². The maximum atomic E-state index is 12.0. The Hall–Kier alpha value is -1.68. The Morgan fingerprint density at radius 1 is 1.33 bits per heavy atom. The van der Waals surface area contributed by atoms with E-state index in [1.54, 1.807) is 11.3 Å². The van der Waals surface area contributed by atoms with Gasteiger partial charge in [-0.05, 0) is 31.4 Å². The molecule has 4 heteroatoms. The minimum absolute atomic E-state index is 0.0447. The van der Waals surface area contributed by atoms with Crippen LogP contribution in [0.15, 0.2) is 23.6 Å². The number of aryl methyl sites for hydroxylation is 3. The van der Waals surface area contributed by atoms with Gasteiger partial charge in [-0.15, -0.1) is 11.3 Å². The zero-order chi connectivity index (χ0) is 15.4. The molecular weight excluding hydrogens is 280 g/mol. The van der Waals surface area contributed by atoms with E-state index in [-0.39, 0.29) is 5.91 Å². The lowest BCUT2D eigenvalue weighted by atomic mass is 10.1. The van der Waals surface area contributed by atoms with Crippen molar-refractivity contribution < 1.29 is 4.79 Å². The summed E-state index contributed by atoms with van der Waals surface area (Å²) < 4.78 is 0. The molecule has 112 valence electrons. The van der Waals surface area contributed by atoms with E-state index in [9.17, 15) is 4.79 Å². The SMILES string of the molecule is Cc1ccc(NC(=O)CCc2nc(C(C)C)cs2)c(C)c1. The number of amides is 1. The molecule has 0 aliphatic heterocycles. The fraction of sp³-hybridized carbons (Fsp3) is 0.412. The number of hydrogen-bond donors (Lipinski definition) is 1. The standard InChI is InChI=1S/C17H22N2OS/c1-11(2)15-10-21-17(19-15)8-7-16(20)18-14-6-5-12(3)9-13(14)4/h5-6,9-11H,7-8H2,1-4H3,(H,18,20). The van der Waals surface area contributed by atoms with Crippen LogP contribution in [0.1, 0.15) is 48.0 Å². The van der Waals surface area contributed by atoms with Gasteiger partial charge in [0.15, 0.2) is 0 Å². The molecule has 1 aromatic carbocycles. The summed E-state index contributed by atoms with van der Waals surface area (Å²) in [5.74, 6) is 0.488. The first kappa shape index (κ1) is 15.7. The van der Waals surface area contributed by atoms with E-state index in [0.29, 0.717) is 18.8 Å². The molecule has 0 spiro atoms. The quantitative estimate of drug-likeness (QED) is 0.886. The summed E-state index contributed by atoms with van der Waals surface area (Å²) in [6.07, 6.45) is 1.17. The molecule has 0 saturated heterocycles. The number of nitrogens with zero attached hydrogens (tertiary/aromatic N) is 1. The number of rotatable bonds is 5. The third kappa shape index (κ3) is 4.39. The molecule has 21 heavy (non-hydrogen) atoms. The van der Waals surface area contributed by atoms with Crippen LogP contribution in [-0.4, -0.2) is 10.9 Å². The Bertz CT molecular complexity index is 631. The number of anilines is 1. The molecule has 1 heterocycles. The first-order chi connectivity index (χ1) is 9.95. The van der Waals surface area contributed by atoms with Crippen molar-refractivity contribution >= 4 is 22.9 Å². The minimum Gasteiger partial charge on any atom is -0.326 e. The van der Waals surface area contributed by atoms with Crippen molar-refractivity contribution in [2.24, 2.45) is 0 Å². The summed E-state index contributed by atoms with van der Waals surface area (Å²) >= 11 is 1.64. The van der Waals surface area contributed by atoms with Crippen LogP contribution in [0, 0.1) is 13.8 Å². The summed E-state index contributed by atoms with van der Waals surface area (Å²) in [6, 6.07) is 6.05. The van der Waals surface area contributed by atoms with Gasteiger partial charge in [0.25, 0.3) is 0 Å². The van der Waals surface area contributed by atoms with Crippen LogP contribution < -0.4 is 5.32 Å². The number of carbonyl (C=O) groups is 1. The van der Waals surface area contributed by atoms with Gasteiger partial charge in [0.1, 0.15) is 0 Å². The fourth-order valence-electron chi connectivity index (χ4n) is 2.09. The normalized spacial score (nSPS) is 10.9. The number of carbonyl (C=O) groups excluding carboxylic acids is 1. The highest BCUT2D eigenvalue weighted by Gasteiger charge is 2.09. The van der Waals surface area contributed by atoms with Gasteiger partial charge < -0.3 is 5.32 Å². The van der Waals surface area contributed by atoms with Gasteiger partial charge in [-0.2, -0.15) is 0 Å². The molecule has 1 N–H and O–H groups in total. The van der Waals surface area contributed by atoms with E-state index in [1.807, 2.05) is 26.0 Å². The number of benzene rings is 1. The maximum absolute atomic E-state index is 12.0. The van der Waals surface area contributed by atoms with Gasteiger partial charge in [0, 0.05) is 23.9 Å². The Morgan fingerprint density at radius 3 is 2.71 bits per heavy atom. The Morgan fingerprint density at radius 2 is 2.10 bits per heavy atom. The summed E-state index contributed by atoms with van der Waals surface area (Å²) in [5.41, 5.74) is 4.31. The highest BCUT2D eigenvalue weighted by Crippen LogP contribution is 2.20. The topological polar surface area (TPSA) is 42.0 Å². The molecular formula is C17H22N2OS. The molecule has 0 bridgehead atoms. The molecule has 0 aliphatic carbocycles. The molecule has 1 amide bonds. The smallest absolute Gasteiger partial charge is 0.224 e. The van der Waals surface area contributed by atoms with Gasteiger partial charge >= 0.3 is 0 Å². The van der Waals surface area contributed by atoms with Gasteiger partial charge in [-0.3, -0.25) is 4.79 Å². The first-order valence-corrected chi connectivity index (χ1v) is 8.15. The van der Waals surface area contributed by atoms with E-state index in [4.69, 9.17) is 0 Å². The third-order valence-corrected chi connectivity index (χ3v) is 4.31. The summed E-state index contributed by atoms with van der Waals surface area (Å²) in [5, 5.41) is 6.10. The lowest BCUT2D eigenvalue weighted by Gasteiger charge is -2.08. The summed E-state index contributed by atoms with van der Waals surface area (Å²) in [6.45, 7) is 8.32. The highest BCUT2D eigenvalue weighted by molar-refractivity contribution is 7.09. The van der Waals surface area contributed by atoms with Gasteiger partial charge in [0.05, 0.1) is 10.7 Å². The van der Waals surface area contributed by atoms with Crippen LogP contribution in [0.3, 0.4) is 0 Å². The molecule has 3 nitrogen and oxygen atoms in total. The lowest BCUT2D eigenvalue weighted by molar-refractivity contribution is -0.116. The highest BCUT2D eigenvalue weighted by atomic mass is 32.1. The van der Waals surface area contributed by atoms with Crippen LogP contribution in [0.2, 0.25) is 0 Å². The van der Waals surface area contributed by atoms with Crippen LogP contribution in [0.5, 0.6) is 0 Å². The van der Waals surface area contributed by atoms with Crippen LogP contribution in [0.25, 0.3) is 0 Å². The van der Waals surface area contributed by atoms with Gasteiger partial charge in [0.2, 0.25) is 5.91 Å².